The molecule has 4 heteroatoms. The van der Waals surface area contributed by atoms with Gasteiger partial charge in [-0.05, 0) is 35.9 Å². The lowest BCUT2D eigenvalue weighted by molar-refractivity contribution is 0.605. The summed E-state index contributed by atoms with van der Waals surface area (Å²) in [7, 11) is -3.41. The number of hydrogen-bond acceptors (Lipinski definition) is 2. The second-order valence-electron chi connectivity index (χ2n) is 3.71. The Bertz CT molecular complexity index is 644. The Hall–Kier alpha value is -1.58. The molecule has 18 heavy (non-hydrogen) atoms. The number of benzene rings is 2. The van der Waals surface area contributed by atoms with Crippen molar-refractivity contribution in [1.29, 1.82) is 0 Å². The summed E-state index contributed by atoms with van der Waals surface area (Å²) in [6.45, 7) is 0. The lowest BCUT2D eigenvalue weighted by Gasteiger charge is -1.99. The smallest absolute Gasteiger partial charge is 0.199 e. The van der Waals surface area contributed by atoms with Crippen molar-refractivity contribution in [3.63, 3.8) is 0 Å². The highest BCUT2D eigenvalue weighted by Crippen LogP contribution is 2.17. The molecule has 0 heterocycles. The van der Waals surface area contributed by atoms with Crippen LogP contribution in [0.3, 0.4) is 0 Å². The molecule has 0 aliphatic rings. The van der Waals surface area contributed by atoms with Crippen LogP contribution in [0.1, 0.15) is 5.56 Å². The summed E-state index contributed by atoms with van der Waals surface area (Å²) >= 11 is 5.72. The first-order valence-electron chi connectivity index (χ1n) is 5.32. The molecule has 0 amide bonds. The van der Waals surface area contributed by atoms with E-state index in [1.807, 2.05) is 30.3 Å². The van der Waals surface area contributed by atoms with E-state index in [1.165, 1.54) is 17.5 Å². The van der Waals surface area contributed by atoms with Crippen LogP contribution in [-0.2, 0) is 9.84 Å². The highest BCUT2D eigenvalue weighted by molar-refractivity contribution is 7.94. The van der Waals surface area contributed by atoms with E-state index in [0.717, 1.165) is 5.56 Å². The Morgan fingerprint density at radius 1 is 0.889 bits per heavy atom. The average molecular weight is 279 g/mol. The molecule has 0 N–H and O–H groups in total. The summed E-state index contributed by atoms with van der Waals surface area (Å²) in [5.74, 6) is 0. The zero-order valence-corrected chi connectivity index (χ0v) is 11.0. The highest BCUT2D eigenvalue weighted by atomic mass is 35.5. The third kappa shape index (κ3) is 3.22. The molecular weight excluding hydrogens is 268 g/mol. The molecule has 0 unspecified atom stereocenters. The number of hydrogen-bond donors (Lipinski definition) is 0. The van der Waals surface area contributed by atoms with Gasteiger partial charge < -0.3 is 0 Å². The maximum absolute atomic E-state index is 12.0. The fourth-order valence-electron chi connectivity index (χ4n) is 1.44. The minimum Gasteiger partial charge on any atom is -0.219 e. The second-order valence-corrected chi connectivity index (χ2v) is 5.98. The van der Waals surface area contributed by atoms with Gasteiger partial charge in [0, 0.05) is 10.4 Å². The highest BCUT2D eigenvalue weighted by Gasteiger charge is 2.09. The van der Waals surface area contributed by atoms with Crippen LogP contribution in [0.2, 0.25) is 5.02 Å². The molecule has 0 radical (unpaired) electrons. The Labute approximate surface area is 111 Å². The SMILES string of the molecule is O=S(=O)(/C=C/c1ccccc1)c1ccc(Cl)cc1. The topological polar surface area (TPSA) is 34.1 Å². The van der Waals surface area contributed by atoms with Gasteiger partial charge in [-0.15, -0.1) is 0 Å². The predicted octanol–water partition coefficient (Wildman–Crippen LogP) is 3.78. The van der Waals surface area contributed by atoms with E-state index in [9.17, 15) is 8.42 Å². The normalized spacial score (nSPS) is 11.8. The molecule has 92 valence electrons. The maximum atomic E-state index is 12.0. The fraction of sp³-hybridized carbons (Fsp3) is 0. The standard InChI is InChI=1S/C14H11ClO2S/c15-13-6-8-14(9-7-13)18(16,17)11-10-12-4-2-1-3-5-12/h1-11H/b11-10+. The van der Waals surface area contributed by atoms with Gasteiger partial charge in [-0.3, -0.25) is 0 Å². The van der Waals surface area contributed by atoms with Crippen molar-refractivity contribution < 1.29 is 8.42 Å². The van der Waals surface area contributed by atoms with Gasteiger partial charge in [0.1, 0.15) is 0 Å². The molecule has 0 aliphatic heterocycles. The number of sulfone groups is 1. The molecule has 2 aromatic carbocycles. The number of halogens is 1. The molecule has 0 spiro atoms. The van der Waals surface area contributed by atoms with Gasteiger partial charge in [-0.2, -0.15) is 0 Å². The largest absolute Gasteiger partial charge is 0.219 e. The van der Waals surface area contributed by atoms with E-state index in [-0.39, 0.29) is 4.90 Å². The van der Waals surface area contributed by atoms with Gasteiger partial charge >= 0.3 is 0 Å². The molecule has 2 nitrogen and oxygen atoms in total. The van der Waals surface area contributed by atoms with E-state index in [2.05, 4.69) is 0 Å². The fourth-order valence-corrected chi connectivity index (χ4v) is 2.57. The predicted molar refractivity (Wildman–Crippen MR) is 74.1 cm³/mol. The van der Waals surface area contributed by atoms with Crippen LogP contribution in [0, 0.1) is 0 Å². The summed E-state index contributed by atoms with van der Waals surface area (Å²) in [5.41, 5.74) is 0.843. The molecule has 0 aromatic heterocycles. The first kappa shape index (κ1) is 12.9. The van der Waals surface area contributed by atoms with Gasteiger partial charge in [0.25, 0.3) is 0 Å². The molecule has 2 rings (SSSR count). The molecule has 0 bridgehead atoms. The lowest BCUT2D eigenvalue weighted by atomic mass is 10.2. The van der Waals surface area contributed by atoms with E-state index >= 15 is 0 Å². The van der Waals surface area contributed by atoms with Crippen molar-refractivity contribution in [2.75, 3.05) is 0 Å². The molecule has 0 fully saturated rings. The van der Waals surface area contributed by atoms with E-state index < -0.39 is 9.84 Å². The van der Waals surface area contributed by atoms with Crippen molar-refractivity contribution in [3.05, 3.63) is 70.6 Å². The monoisotopic (exact) mass is 278 g/mol. The lowest BCUT2D eigenvalue weighted by Crippen LogP contribution is -1.95. The van der Waals surface area contributed by atoms with Crippen LogP contribution in [0.15, 0.2) is 64.9 Å². The summed E-state index contributed by atoms with van der Waals surface area (Å²) in [6, 6.07) is 15.4. The Kier molecular flexibility index (Phi) is 3.84. The second kappa shape index (κ2) is 5.38. The first-order valence-corrected chi connectivity index (χ1v) is 7.24. The first-order chi connectivity index (χ1) is 8.58. The Morgan fingerprint density at radius 2 is 1.50 bits per heavy atom. The van der Waals surface area contributed by atoms with E-state index in [4.69, 9.17) is 11.6 Å². The van der Waals surface area contributed by atoms with Crippen LogP contribution >= 0.6 is 11.6 Å². The minimum absolute atomic E-state index is 0.235. The number of rotatable bonds is 3. The van der Waals surface area contributed by atoms with Gasteiger partial charge in [-0.1, -0.05) is 41.9 Å². The van der Waals surface area contributed by atoms with Gasteiger partial charge in [0.15, 0.2) is 9.84 Å². The molecule has 0 saturated carbocycles. The van der Waals surface area contributed by atoms with Gasteiger partial charge in [-0.25, -0.2) is 8.42 Å². The van der Waals surface area contributed by atoms with Crippen LogP contribution in [0.4, 0.5) is 0 Å². The molecule has 2 aromatic rings. The zero-order valence-electron chi connectivity index (χ0n) is 9.45. The average Bonchev–Trinajstić information content (AvgIpc) is 2.38. The van der Waals surface area contributed by atoms with Crippen LogP contribution in [0.5, 0.6) is 0 Å². The van der Waals surface area contributed by atoms with E-state index in [1.54, 1.807) is 18.2 Å². The van der Waals surface area contributed by atoms with Gasteiger partial charge in [0.05, 0.1) is 4.90 Å². The van der Waals surface area contributed by atoms with Crippen LogP contribution in [-0.4, -0.2) is 8.42 Å². The summed E-state index contributed by atoms with van der Waals surface area (Å²) in [6.07, 6.45) is 1.57. The van der Waals surface area contributed by atoms with E-state index in [0.29, 0.717) is 5.02 Å². The summed E-state index contributed by atoms with van der Waals surface area (Å²) in [5, 5.41) is 1.71. The van der Waals surface area contributed by atoms with Crippen molar-refractivity contribution in [1.82, 2.24) is 0 Å². The van der Waals surface area contributed by atoms with Crippen LogP contribution < -0.4 is 0 Å². The van der Waals surface area contributed by atoms with Crippen LogP contribution in [0.25, 0.3) is 6.08 Å². The summed E-state index contributed by atoms with van der Waals surface area (Å²) in [4.78, 5) is 0.235. The minimum atomic E-state index is -3.41. The quantitative estimate of drug-likeness (QED) is 0.856. The zero-order chi connectivity index (χ0) is 13.0. The summed E-state index contributed by atoms with van der Waals surface area (Å²) < 4.78 is 24.0. The van der Waals surface area contributed by atoms with Gasteiger partial charge in [0.2, 0.25) is 0 Å². The maximum Gasteiger partial charge on any atom is 0.199 e. The molecule has 0 atom stereocenters. The molecule has 0 saturated heterocycles. The Morgan fingerprint density at radius 3 is 2.11 bits per heavy atom. The third-order valence-electron chi connectivity index (χ3n) is 2.38. The van der Waals surface area contributed by atoms with Crippen molar-refractivity contribution >= 4 is 27.5 Å². The molecule has 0 aliphatic carbocycles. The Balaban J connectivity index is 2.28. The van der Waals surface area contributed by atoms with Crippen molar-refractivity contribution in [3.8, 4) is 0 Å². The molecular formula is C14H11ClO2S. The van der Waals surface area contributed by atoms with Crippen molar-refractivity contribution in [2.45, 2.75) is 4.90 Å². The van der Waals surface area contributed by atoms with Crippen molar-refractivity contribution in [2.24, 2.45) is 0 Å². The third-order valence-corrected chi connectivity index (χ3v) is 4.06.